The minimum absolute atomic E-state index is 0.0768. The minimum Gasteiger partial charge on any atom is -0.394 e. The van der Waals surface area contributed by atoms with E-state index in [0.29, 0.717) is 12.0 Å². The maximum absolute atomic E-state index is 13.9. The van der Waals surface area contributed by atoms with E-state index in [4.69, 9.17) is 0 Å². The molecule has 8 heteroatoms. The number of aliphatic hydroxyl groups excluding tert-OH is 1. The SMILES string of the molecule is CN1c2ccc(-c3cccc(C#N)c3)cc2[C@H]2[C@H](CCN2S(=O)(=O)c2cccc(F)c2)[C@H]1CO. The van der Waals surface area contributed by atoms with Crippen LogP contribution in [-0.2, 0) is 10.0 Å². The van der Waals surface area contributed by atoms with Crippen molar-refractivity contribution in [2.45, 2.75) is 23.4 Å². The van der Waals surface area contributed by atoms with Crippen LogP contribution in [0.3, 0.4) is 0 Å². The highest BCUT2D eigenvalue weighted by atomic mass is 32.2. The van der Waals surface area contributed by atoms with Gasteiger partial charge in [-0.2, -0.15) is 9.57 Å². The van der Waals surface area contributed by atoms with E-state index in [-0.39, 0.29) is 30.0 Å². The highest BCUT2D eigenvalue weighted by molar-refractivity contribution is 7.89. The van der Waals surface area contributed by atoms with Gasteiger partial charge in [0.05, 0.1) is 35.2 Å². The Morgan fingerprint density at radius 3 is 2.59 bits per heavy atom. The molecular formula is C26H24FN3O3S. The van der Waals surface area contributed by atoms with Crippen LogP contribution in [0.25, 0.3) is 11.1 Å². The van der Waals surface area contributed by atoms with E-state index in [9.17, 15) is 23.2 Å². The largest absolute Gasteiger partial charge is 0.394 e. The number of halogens is 1. The Balaban J connectivity index is 1.65. The third kappa shape index (κ3) is 3.57. The molecule has 1 saturated heterocycles. The van der Waals surface area contributed by atoms with Crippen LogP contribution >= 0.6 is 0 Å². The second kappa shape index (κ2) is 8.51. The molecule has 0 spiro atoms. The van der Waals surface area contributed by atoms with Crippen LogP contribution in [0, 0.1) is 23.1 Å². The molecule has 0 aliphatic carbocycles. The van der Waals surface area contributed by atoms with Gasteiger partial charge in [0.1, 0.15) is 5.82 Å². The van der Waals surface area contributed by atoms with Crippen molar-refractivity contribution in [3.05, 3.63) is 83.7 Å². The van der Waals surface area contributed by atoms with Crippen LogP contribution in [0.2, 0.25) is 0 Å². The highest BCUT2D eigenvalue weighted by Crippen LogP contribution is 2.51. The maximum Gasteiger partial charge on any atom is 0.243 e. The van der Waals surface area contributed by atoms with Crippen LogP contribution in [0.5, 0.6) is 0 Å². The number of nitriles is 1. The van der Waals surface area contributed by atoms with Crippen molar-refractivity contribution in [3.8, 4) is 17.2 Å². The summed E-state index contributed by atoms with van der Waals surface area (Å²) in [4.78, 5) is 1.94. The smallest absolute Gasteiger partial charge is 0.243 e. The summed E-state index contributed by atoms with van der Waals surface area (Å²) in [7, 11) is -2.05. The van der Waals surface area contributed by atoms with E-state index in [1.807, 2.05) is 42.3 Å². The van der Waals surface area contributed by atoms with E-state index in [2.05, 4.69) is 6.07 Å². The fraction of sp³-hybridized carbons (Fsp3) is 0.269. The third-order valence-corrected chi connectivity index (χ3v) is 8.91. The van der Waals surface area contributed by atoms with Crippen LogP contribution < -0.4 is 4.90 Å². The monoisotopic (exact) mass is 477 g/mol. The van der Waals surface area contributed by atoms with Crippen molar-refractivity contribution >= 4 is 15.7 Å². The van der Waals surface area contributed by atoms with Crippen molar-refractivity contribution < 1.29 is 17.9 Å². The van der Waals surface area contributed by atoms with Gasteiger partial charge in [-0.15, -0.1) is 0 Å². The van der Waals surface area contributed by atoms with Crippen LogP contribution in [0.1, 0.15) is 23.6 Å². The molecule has 3 atom stereocenters. The normalized spacial score (nSPS) is 22.2. The minimum atomic E-state index is -3.96. The van der Waals surface area contributed by atoms with E-state index in [0.717, 1.165) is 28.4 Å². The second-order valence-corrected chi connectivity index (χ2v) is 10.7. The van der Waals surface area contributed by atoms with Crippen LogP contribution in [0.15, 0.2) is 71.6 Å². The summed E-state index contributed by atoms with van der Waals surface area (Å²) in [5.74, 6) is -0.722. The highest BCUT2D eigenvalue weighted by Gasteiger charge is 2.50. The molecule has 2 aliphatic heterocycles. The lowest BCUT2D eigenvalue weighted by atomic mass is 9.81. The number of anilines is 1. The fourth-order valence-corrected chi connectivity index (χ4v) is 7.09. The molecule has 1 N–H and O–H groups in total. The maximum atomic E-state index is 13.9. The summed E-state index contributed by atoms with van der Waals surface area (Å²) >= 11 is 0. The molecule has 5 rings (SSSR count). The van der Waals surface area contributed by atoms with Gasteiger partial charge in [0.2, 0.25) is 10.0 Å². The molecule has 0 saturated carbocycles. The molecule has 0 bridgehead atoms. The number of hydrogen-bond acceptors (Lipinski definition) is 5. The summed E-state index contributed by atoms with van der Waals surface area (Å²) in [6.45, 7) is 0.184. The predicted octanol–water partition coefficient (Wildman–Crippen LogP) is 3.93. The molecule has 3 aromatic rings. The van der Waals surface area contributed by atoms with Crippen molar-refractivity contribution in [1.29, 1.82) is 5.26 Å². The van der Waals surface area contributed by atoms with Crippen molar-refractivity contribution in [3.63, 3.8) is 0 Å². The summed E-state index contributed by atoms with van der Waals surface area (Å²) < 4.78 is 42.6. The van der Waals surface area contributed by atoms with Gasteiger partial charge < -0.3 is 10.0 Å². The van der Waals surface area contributed by atoms with Crippen LogP contribution in [0.4, 0.5) is 10.1 Å². The van der Waals surface area contributed by atoms with Crippen LogP contribution in [-0.4, -0.2) is 44.1 Å². The Kier molecular flexibility index (Phi) is 5.64. The van der Waals surface area contributed by atoms with Crippen molar-refractivity contribution in [2.24, 2.45) is 5.92 Å². The standard InChI is InChI=1S/C26H24FN3O3S/c1-29-24-9-8-19(18-5-2-4-17(12-18)15-28)13-23(24)26-22(25(29)16-31)10-11-30(26)34(32,33)21-7-3-6-20(27)14-21/h2-9,12-14,22,25-26,31H,10-11,16H2,1H3/t22-,25-,26-/m1/s1. The zero-order valence-electron chi connectivity index (χ0n) is 18.6. The number of nitrogens with zero attached hydrogens (tertiary/aromatic N) is 3. The Hall–Kier alpha value is -3.25. The first-order chi connectivity index (χ1) is 16.3. The van der Waals surface area contributed by atoms with Gasteiger partial charge in [0, 0.05) is 25.2 Å². The molecular weight excluding hydrogens is 453 g/mol. The number of benzene rings is 3. The number of rotatable bonds is 4. The molecule has 1 fully saturated rings. The first kappa shape index (κ1) is 22.5. The Labute approximate surface area is 198 Å². The molecule has 0 unspecified atom stereocenters. The van der Waals surface area contributed by atoms with E-state index >= 15 is 0 Å². The van der Waals surface area contributed by atoms with E-state index in [1.54, 1.807) is 12.1 Å². The molecule has 0 radical (unpaired) electrons. The Morgan fingerprint density at radius 2 is 1.85 bits per heavy atom. The number of hydrogen-bond donors (Lipinski definition) is 1. The fourth-order valence-electron chi connectivity index (χ4n) is 5.39. The van der Waals surface area contributed by atoms with E-state index in [1.165, 1.54) is 22.5 Å². The van der Waals surface area contributed by atoms with Gasteiger partial charge in [-0.25, -0.2) is 12.8 Å². The number of likely N-dealkylation sites (N-methyl/N-ethyl adjacent to an activating group) is 1. The topological polar surface area (TPSA) is 84.6 Å². The van der Waals surface area contributed by atoms with Gasteiger partial charge >= 0.3 is 0 Å². The predicted molar refractivity (Wildman–Crippen MR) is 127 cm³/mol. The summed E-state index contributed by atoms with van der Waals surface area (Å²) in [6, 6.07) is 19.6. The molecule has 174 valence electrons. The molecule has 3 aromatic carbocycles. The van der Waals surface area contributed by atoms with Gasteiger partial charge in [0.25, 0.3) is 0 Å². The molecule has 0 aromatic heterocycles. The average Bonchev–Trinajstić information content (AvgIpc) is 3.30. The van der Waals surface area contributed by atoms with Gasteiger partial charge in [-0.05, 0) is 65.6 Å². The first-order valence-corrected chi connectivity index (χ1v) is 12.5. The number of sulfonamides is 1. The average molecular weight is 478 g/mol. The quantitative estimate of drug-likeness (QED) is 0.616. The lowest BCUT2D eigenvalue weighted by Gasteiger charge is -2.44. The van der Waals surface area contributed by atoms with Gasteiger partial charge in [-0.1, -0.05) is 24.3 Å². The van der Waals surface area contributed by atoms with Crippen molar-refractivity contribution in [2.75, 3.05) is 25.1 Å². The lowest BCUT2D eigenvalue weighted by Crippen LogP contribution is -2.48. The zero-order valence-corrected chi connectivity index (χ0v) is 19.4. The number of aliphatic hydroxyl groups is 1. The Bertz CT molecular complexity index is 1400. The van der Waals surface area contributed by atoms with Gasteiger partial charge in [0.15, 0.2) is 0 Å². The third-order valence-electron chi connectivity index (χ3n) is 7.03. The zero-order chi connectivity index (χ0) is 24.0. The first-order valence-electron chi connectivity index (χ1n) is 11.1. The molecule has 0 amide bonds. The molecule has 2 aliphatic rings. The number of fused-ring (bicyclic) bond motifs is 3. The van der Waals surface area contributed by atoms with Gasteiger partial charge in [-0.3, -0.25) is 0 Å². The molecule has 6 nitrogen and oxygen atoms in total. The molecule has 2 heterocycles. The lowest BCUT2D eigenvalue weighted by molar-refractivity contribution is 0.193. The Morgan fingerprint density at radius 1 is 1.09 bits per heavy atom. The molecule has 34 heavy (non-hydrogen) atoms. The van der Waals surface area contributed by atoms with E-state index < -0.39 is 21.9 Å². The second-order valence-electron chi connectivity index (χ2n) is 8.80. The summed E-state index contributed by atoms with van der Waals surface area (Å²) in [5.41, 5.74) is 3.97. The summed E-state index contributed by atoms with van der Waals surface area (Å²) in [6.07, 6.45) is 0.586. The van der Waals surface area contributed by atoms with Crippen molar-refractivity contribution in [1.82, 2.24) is 4.31 Å². The summed E-state index contributed by atoms with van der Waals surface area (Å²) in [5, 5.41) is 19.5.